The van der Waals surface area contributed by atoms with E-state index in [4.69, 9.17) is 5.21 Å². The van der Waals surface area contributed by atoms with E-state index < -0.39 is 0 Å². The van der Waals surface area contributed by atoms with E-state index in [1.54, 1.807) is 6.07 Å². The maximum Gasteiger partial charge on any atom is 0.146 e. The Morgan fingerprint density at radius 1 is 1.25 bits per heavy atom. The number of hydroxylamine groups is 1. The molecule has 1 aliphatic rings. The van der Waals surface area contributed by atoms with Crippen molar-refractivity contribution in [1.29, 1.82) is 0 Å². The van der Waals surface area contributed by atoms with E-state index in [1.807, 2.05) is 11.5 Å². The highest BCUT2D eigenvalue weighted by molar-refractivity contribution is 5.49. The summed E-state index contributed by atoms with van der Waals surface area (Å²) >= 11 is 0. The van der Waals surface area contributed by atoms with Gasteiger partial charge in [0.2, 0.25) is 0 Å². The first kappa shape index (κ1) is 11.4. The molecule has 88 valence electrons. The van der Waals surface area contributed by atoms with Crippen LogP contribution in [-0.2, 0) is 6.54 Å². The van der Waals surface area contributed by atoms with Crippen molar-refractivity contribution in [3.8, 4) is 0 Å². The number of nitrogens with zero attached hydrogens (tertiary/aromatic N) is 1. The van der Waals surface area contributed by atoms with Crippen LogP contribution in [0.1, 0.15) is 24.8 Å². The molecule has 4 heteroatoms. The van der Waals surface area contributed by atoms with Gasteiger partial charge in [0, 0.05) is 19.6 Å². The van der Waals surface area contributed by atoms with Crippen molar-refractivity contribution in [2.24, 2.45) is 0 Å². The maximum absolute atomic E-state index is 13.8. The molecular formula is C12H17FN2O. The molecule has 2 rings (SSSR count). The second-order valence-corrected chi connectivity index (χ2v) is 4.17. The third kappa shape index (κ3) is 2.51. The number of nitrogens with one attached hydrogen (secondary N) is 1. The fraction of sp³-hybridized carbons (Fsp3) is 0.500. The molecule has 1 fully saturated rings. The van der Waals surface area contributed by atoms with Gasteiger partial charge in [-0.05, 0) is 37.0 Å². The Hall–Kier alpha value is -1.13. The Balaban J connectivity index is 2.14. The van der Waals surface area contributed by atoms with Crippen LogP contribution in [-0.4, -0.2) is 18.3 Å². The van der Waals surface area contributed by atoms with Crippen molar-refractivity contribution >= 4 is 5.69 Å². The molecule has 1 aromatic carbocycles. The molecule has 0 bridgehead atoms. The van der Waals surface area contributed by atoms with Crippen LogP contribution in [0.25, 0.3) is 0 Å². The molecule has 1 saturated heterocycles. The zero-order valence-electron chi connectivity index (χ0n) is 9.25. The van der Waals surface area contributed by atoms with Crippen molar-refractivity contribution in [2.75, 3.05) is 18.0 Å². The molecule has 2 N–H and O–H groups in total. The van der Waals surface area contributed by atoms with Crippen LogP contribution in [0.15, 0.2) is 18.2 Å². The van der Waals surface area contributed by atoms with E-state index in [-0.39, 0.29) is 12.4 Å². The monoisotopic (exact) mass is 224 g/mol. The number of halogens is 1. The molecule has 1 aromatic rings. The average molecular weight is 224 g/mol. The Morgan fingerprint density at radius 2 is 2.00 bits per heavy atom. The summed E-state index contributed by atoms with van der Waals surface area (Å²) in [5.41, 5.74) is 3.46. The van der Waals surface area contributed by atoms with Gasteiger partial charge in [0.05, 0.1) is 5.69 Å². The Labute approximate surface area is 94.8 Å². The van der Waals surface area contributed by atoms with Crippen molar-refractivity contribution in [3.05, 3.63) is 29.6 Å². The third-order valence-corrected chi connectivity index (χ3v) is 2.99. The lowest BCUT2D eigenvalue weighted by Crippen LogP contribution is -2.30. The number of rotatable bonds is 3. The minimum atomic E-state index is -0.199. The molecular weight excluding hydrogens is 207 g/mol. The molecule has 0 atom stereocenters. The Bertz CT molecular complexity index is 351. The normalized spacial score (nSPS) is 16.5. The van der Waals surface area contributed by atoms with Crippen LogP contribution in [0.4, 0.5) is 10.1 Å². The molecule has 16 heavy (non-hydrogen) atoms. The van der Waals surface area contributed by atoms with Crippen molar-refractivity contribution < 1.29 is 9.60 Å². The number of hydrogen-bond acceptors (Lipinski definition) is 3. The zero-order valence-corrected chi connectivity index (χ0v) is 9.25. The van der Waals surface area contributed by atoms with Crippen LogP contribution in [0.5, 0.6) is 0 Å². The summed E-state index contributed by atoms with van der Waals surface area (Å²) in [6, 6.07) is 5.12. The van der Waals surface area contributed by atoms with Gasteiger partial charge in [0.15, 0.2) is 0 Å². The van der Waals surface area contributed by atoms with Crippen LogP contribution >= 0.6 is 0 Å². The van der Waals surface area contributed by atoms with E-state index >= 15 is 0 Å². The molecule has 0 unspecified atom stereocenters. The summed E-state index contributed by atoms with van der Waals surface area (Å²) in [5, 5.41) is 8.55. The van der Waals surface area contributed by atoms with Gasteiger partial charge in [-0.2, -0.15) is 0 Å². The van der Waals surface area contributed by atoms with Crippen LogP contribution in [0.3, 0.4) is 0 Å². The summed E-state index contributed by atoms with van der Waals surface area (Å²) in [6.45, 7) is 2.15. The highest BCUT2D eigenvalue weighted by Crippen LogP contribution is 2.23. The highest BCUT2D eigenvalue weighted by atomic mass is 19.1. The summed E-state index contributed by atoms with van der Waals surface area (Å²) in [4.78, 5) is 2.09. The van der Waals surface area contributed by atoms with E-state index in [0.29, 0.717) is 5.69 Å². The predicted molar refractivity (Wildman–Crippen MR) is 61.1 cm³/mol. The zero-order chi connectivity index (χ0) is 11.4. The minimum absolute atomic E-state index is 0.199. The lowest BCUT2D eigenvalue weighted by atomic mass is 10.1. The van der Waals surface area contributed by atoms with Crippen molar-refractivity contribution in [3.63, 3.8) is 0 Å². The molecule has 0 amide bonds. The third-order valence-electron chi connectivity index (χ3n) is 2.99. The van der Waals surface area contributed by atoms with Crippen LogP contribution in [0.2, 0.25) is 0 Å². The van der Waals surface area contributed by atoms with Crippen LogP contribution in [0, 0.1) is 5.82 Å². The maximum atomic E-state index is 13.8. The second-order valence-electron chi connectivity index (χ2n) is 4.17. The second kappa shape index (κ2) is 5.27. The molecule has 3 nitrogen and oxygen atoms in total. The van der Waals surface area contributed by atoms with Crippen molar-refractivity contribution in [1.82, 2.24) is 5.48 Å². The molecule has 0 radical (unpaired) electrons. The average Bonchev–Trinajstić information content (AvgIpc) is 2.31. The first-order valence-corrected chi connectivity index (χ1v) is 5.71. The standard InChI is InChI=1S/C12H17FN2O/c13-11-8-10(9-14-16)4-5-12(11)15-6-2-1-3-7-15/h4-5,8,14,16H,1-3,6-7,9H2. The Kier molecular flexibility index (Phi) is 3.74. The van der Waals surface area contributed by atoms with Crippen LogP contribution < -0.4 is 10.4 Å². The largest absolute Gasteiger partial charge is 0.369 e. The highest BCUT2D eigenvalue weighted by Gasteiger charge is 2.14. The molecule has 0 saturated carbocycles. The number of benzene rings is 1. The molecule has 0 spiro atoms. The fourth-order valence-corrected chi connectivity index (χ4v) is 2.14. The number of hydrogen-bond donors (Lipinski definition) is 2. The fourth-order valence-electron chi connectivity index (χ4n) is 2.14. The first-order chi connectivity index (χ1) is 7.81. The number of anilines is 1. The first-order valence-electron chi connectivity index (χ1n) is 5.71. The predicted octanol–water partition coefficient (Wildman–Crippen LogP) is 2.29. The smallest absolute Gasteiger partial charge is 0.146 e. The summed E-state index contributed by atoms with van der Waals surface area (Å²) < 4.78 is 13.8. The lowest BCUT2D eigenvalue weighted by Gasteiger charge is -2.29. The molecule has 0 aliphatic carbocycles. The molecule has 0 aromatic heterocycles. The number of piperidine rings is 1. The van der Waals surface area contributed by atoms with Gasteiger partial charge in [0.1, 0.15) is 5.82 Å². The van der Waals surface area contributed by atoms with Gasteiger partial charge in [-0.3, -0.25) is 0 Å². The topological polar surface area (TPSA) is 35.5 Å². The van der Waals surface area contributed by atoms with Gasteiger partial charge in [0.25, 0.3) is 0 Å². The van der Waals surface area contributed by atoms with Gasteiger partial charge >= 0.3 is 0 Å². The molecule has 1 aliphatic heterocycles. The van der Waals surface area contributed by atoms with Gasteiger partial charge in [-0.15, -0.1) is 0 Å². The van der Waals surface area contributed by atoms with Gasteiger partial charge < -0.3 is 10.1 Å². The van der Waals surface area contributed by atoms with Crippen molar-refractivity contribution in [2.45, 2.75) is 25.8 Å². The van der Waals surface area contributed by atoms with E-state index in [9.17, 15) is 4.39 Å². The van der Waals surface area contributed by atoms with E-state index in [0.717, 1.165) is 31.5 Å². The van der Waals surface area contributed by atoms with Gasteiger partial charge in [-0.25, -0.2) is 9.87 Å². The SMILES string of the molecule is ONCc1ccc(N2CCCCC2)c(F)c1. The van der Waals surface area contributed by atoms with E-state index in [1.165, 1.54) is 12.5 Å². The minimum Gasteiger partial charge on any atom is -0.369 e. The summed E-state index contributed by atoms with van der Waals surface area (Å²) in [6.07, 6.45) is 3.52. The van der Waals surface area contributed by atoms with Gasteiger partial charge in [-0.1, -0.05) is 6.07 Å². The molecule has 1 heterocycles. The summed E-state index contributed by atoms with van der Waals surface area (Å²) in [5.74, 6) is -0.199. The Morgan fingerprint density at radius 3 is 2.62 bits per heavy atom. The van der Waals surface area contributed by atoms with E-state index in [2.05, 4.69) is 4.90 Å². The summed E-state index contributed by atoms with van der Waals surface area (Å²) in [7, 11) is 0. The lowest BCUT2D eigenvalue weighted by molar-refractivity contribution is 0.161. The quantitative estimate of drug-likeness (QED) is 0.773.